The number of hydrogen-bond donors (Lipinski definition) is 0. The van der Waals surface area contributed by atoms with Crippen molar-refractivity contribution in [2.45, 2.75) is 52.0 Å². The van der Waals surface area contributed by atoms with Gasteiger partial charge in [-0.3, -0.25) is 14.2 Å². The molecule has 24 heavy (non-hydrogen) atoms. The van der Waals surface area contributed by atoms with Gasteiger partial charge in [-0.2, -0.15) is 0 Å². The van der Waals surface area contributed by atoms with Crippen molar-refractivity contribution in [1.29, 1.82) is 0 Å². The van der Waals surface area contributed by atoms with Gasteiger partial charge in [-0.25, -0.2) is 4.98 Å². The van der Waals surface area contributed by atoms with Crippen LogP contribution in [0.3, 0.4) is 0 Å². The molecule has 1 aliphatic carbocycles. The molecule has 0 aromatic carbocycles. The van der Waals surface area contributed by atoms with Gasteiger partial charge in [-0.05, 0) is 37.0 Å². The highest BCUT2D eigenvalue weighted by Gasteiger charge is 2.27. The van der Waals surface area contributed by atoms with Crippen molar-refractivity contribution < 1.29 is 4.79 Å². The number of carbonyl (C=O) groups excluding carboxylic acids is 1. The van der Waals surface area contributed by atoms with E-state index in [4.69, 9.17) is 4.98 Å². The van der Waals surface area contributed by atoms with Gasteiger partial charge in [0.25, 0.3) is 5.56 Å². The maximum absolute atomic E-state index is 13.1. The first-order chi connectivity index (χ1) is 11.7. The molecule has 0 bridgehead atoms. The minimum absolute atomic E-state index is 0.129. The number of aromatic nitrogens is 2. The lowest BCUT2D eigenvalue weighted by molar-refractivity contribution is -0.105. The fraction of sp³-hybridized carbons (Fsp3) is 0.500. The minimum atomic E-state index is 0.129. The van der Waals surface area contributed by atoms with E-state index in [1.165, 1.54) is 0 Å². The molecule has 0 N–H and O–H groups in total. The predicted octanol–water partition coefficient (Wildman–Crippen LogP) is 3.79. The molecule has 2 aliphatic rings. The number of rotatable bonds is 3. The number of allylic oxidation sites excluding steroid dienone is 1. The molecular formula is C18H20N2O2S2. The molecule has 0 spiro atoms. The molecule has 3 heterocycles. The highest BCUT2D eigenvalue weighted by atomic mass is 32.2. The molecular weight excluding hydrogens is 340 g/mol. The average molecular weight is 361 g/mol. The lowest BCUT2D eigenvalue weighted by atomic mass is 9.97. The zero-order valence-electron chi connectivity index (χ0n) is 13.8. The molecule has 2 aromatic rings. The van der Waals surface area contributed by atoms with E-state index in [9.17, 15) is 9.59 Å². The SMILES string of the molecule is CCSC1=C(C=O)CCc2c1sc1nc3n(c(=O)c21)CCCCC3. The maximum atomic E-state index is 13.1. The van der Waals surface area contributed by atoms with Crippen LogP contribution in [0.25, 0.3) is 15.1 Å². The number of nitrogens with zero attached hydrogens (tertiary/aromatic N) is 2. The summed E-state index contributed by atoms with van der Waals surface area (Å²) in [5.41, 5.74) is 2.13. The van der Waals surface area contributed by atoms with Crippen LogP contribution in [-0.4, -0.2) is 21.6 Å². The summed E-state index contributed by atoms with van der Waals surface area (Å²) in [5, 5.41) is 0.805. The summed E-state index contributed by atoms with van der Waals surface area (Å²) in [7, 11) is 0. The third kappa shape index (κ3) is 2.47. The Kier molecular flexibility index (Phi) is 4.35. The van der Waals surface area contributed by atoms with Gasteiger partial charge in [-0.15, -0.1) is 23.1 Å². The molecule has 126 valence electrons. The summed E-state index contributed by atoms with van der Waals surface area (Å²) in [4.78, 5) is 32.4. The van der Waals surface area contributed by atoms with Gasteiger partial charge in [0.1, 0.15) is 16.9 Å². The molecule has 0 saturated heterocycles. The first kappa shape index (κ1) is 16.1. The second kappa shape index (κ2) is 6.48. The average Bonchev–Trinajstić information content (AvgIpc) is 2.79. The standard InChI is InChI=1S/C18H20N2O2S2/c1-2-23-15-11(10-21)7-8-12-14-17(24-16(12)15)19-13-6-4-3-5-9-20(13)18(14)22/h10H,2-9H2,1H3. The summed E-state index contributed by atoms with van der Waals surface area (Å²) in [6.45, 7) is 2.88. The molecule has 0 saturated carbocycles. The molecule has 0 radical (unpaired) electrons. The first-order valence-corrected chi connectivity index (χ1v) is 10.4. The van der Waals surface area contributed by atoms with Crippen molar-refractivity contribution in [3.63, 3.8) is 0 Å². The summed E-state index contributed by atoms with van der Waals surface area (Å²) in [6.07, 6.45) is 6.70. The lowest BCUT2D eigenvalue weighted by Crippen LogP contribution is -2.24. The molecule has 0 amide bonds. The van der Waals surface area contributed by atoms with Crippen molar-refractivity contribution in [1.82, 2.24) is 9.55 Å². The highest BCUT2D eigenvalue weighted by Crippen LogP contribution is 2.44. The van der Waals surface area contributed by atoms with E-state index in [1.54, 1.807) is 23.1 Å². The third-order valence-corrected chi connectivity index (χ3v) is 7.16. The Bertz CT molecular complexity index is 908. The predicted molar refractivity (Wildman–Crippen MR) is 101 cm³/mol. The van der Waals surface area contributed by atoms with Gasteiger partial charge < -0.3 is 0 Å². The maximum Gasteiger partial charge on any atom is 0.262 e. The molecule has 6 heteroatoms. The molecule has 4 nitrogen and oxygen atoms in total. The zero-order chi connectivity index (χ0) is 16.7. The van der Waals surface area contributed by atoms with E-state index in [0.717, 1.165) is 94.1 Å². The number of fused-ring (bicyclic) bond motifs is 4. The Morgan fingerprint density at radius 1 is 1.25 bits per heavy atom. The quantitative estimate of drug-likeness (QED) is 0.782. The fourth-order valence-electron chi connectivity index (χ4n) is 3.69. The molecule has 0 unspecified atom stereocenters. The molecule has 0 atom stereocenters. The number of aldehydes is 1. The van der Waals surface area contributed by atoms with Crippen LogP contribution in [0.5, 0.6) is 0 Å². The van der Waals surface area contributed by atoms with Crippen LogP contribution >= 0.6 is 23.1 Å². The van der Waals surface area contributed by atoms with E-state index in [1.807, 2.05) is 4.57 Å². The lowest BCUT2D eigenvalue weighted by Gasteiger charge is -2.16. The van der Waals surface area contributed by atoms with Crippen LogP contribution < -0.4 is 5.56 Å². The van der Waals surface area contributed by atoms with Crippen molar-refractivity contribution in [3.05, 3.63) is 32.2 Å². The van der Waals surface area contributed by atoms with Crippen molar-refractivity contribution >= 4 is 44.5 Å². The van der Waals surface area contributed by atoms with Crippen LogP contribution in [0, 0.1) is 0 Å². The van der Waals surface area contributed by atoms with Gasteiger partial charge in [-0.1, -0.05) is 13.3 Å². The van der Waals surface area contributed by atoms with Crippen LogP contribution in [-0.2, 0) is 24.2 Å². The van der Waals surface area contributed by atoms with Gasteiger partial charge in [0.15, 0.2) is 0 Å². The van der Waals surface area contributed by atoms with E-state index < -0.39 is 0 Å². The van der Waals surface area contributed by atoms with Gasteiger partial charge in [0, 0.05) is 28.3 Å². The van der Waals surface area contributed by atoms with Crippen molar-refractivity contribution in [2.75, 3.05) is 5.75 Å². The van der Waals surface area contributed by atoms with E-state index >= 15 is 0 Å². The Morgan fingerprint density at radius 2 is 2.12 bits per heavy atom. The zero-order valence-corrected chi connectivity index (χ0v) is 15.4. The Labute approximate surface area is 149 Å². The van der Waals surface area contributed by atoms with Gasteiger partial charge in [0.05, 0.1) is 5.39 Å². The fourth-order valence-corrected chi connectivity index (χ4v) is 6.08. The second-order valence-corrected chi connectivity index (χ2v) is 8.56. The van der Waals surface area contributed by atoms with E-state index in [2.05, 4.69) is 6.92 Å². The van der Waals surface area contributed by atoms with Gasteiger partial charge in [0.2, 0.25) is 0 Å². The third-order valence-electron chi connectivity index (χ3n) is 4.84. The summed E-state index contributed by atoms with van der Waals surface area (Å²) in [6, 6.07) is 0. The Morgan fingerprint density at radius 3 is 2.92 bits per heavy atom. The van der Waals surface area contributed by atoms with Crippen molar-refractivity contribution in [3.8, 4) is 0 Å². The van der Waals surface area contributed by atoms with Crippen LogP contribution in [0.15, 0.2) is 10.4 Å². The number of carbonyl (C=O) groups is 1. The number of thioether (sulfide) groups is 1. The molecule has 4 rings (SSSR count). The molecule has 0 fully saturated rings. The Hall–Kier alpha value is -1.40. The summed E-state index contributed by atoms with van der Waals surface area (Å²) >= 11 is 3.31. The van der Waals surface area contributed by atoms with Crippen LogP contribution in [0.1, 0.15) is 48.9 Å². The highest BCUT2D eigenvalue weighted by molar-refractivity contribution is 8.08. The molecule has 2 aromatic heterocycles. The second-order valence-electron chi connectivity index (χ2n) is 6.29. The summed E-state index contributed by atoms with van der Waals surface area (Å²) < 4.78 is 1.90. The summed E-state index contributed by atoms with van der Waals surface area (Å²) in [5.74, 6) is 1.86. The van der Waals surface area contributed by atoms with Crippen molar-refractivity contribution in [2.24, 2.45) is 0 Å². The minimum Gasteiger partial charge on any atom is -0.298 e. The van der Waals surface area contributed by atoms with E-state index in [-0.39, 0.29) is 5.56 Å². The molecule has 1 aliphatic heterocycles. The smallest absolute Gasteiger partial charge is 0.262 e. The number of aryl methyl sites for hydroxylation is 2. The van der Waals surface area contributed by atoms with Gasteiger partial charge >= 0.3 is 0 Å². The van der Waals surface area contributed by atoms with E-state index in [0.29, 0.717) is 0 Å². The Balaban J connectivity index is 1.98. The monoisotopic (exact) mass is 360 g/mol. The number of hydrogen-bond acceptors (Lipinski definition) is 5. The topological polar surface area (TPSA) is 52.0 Å². The first-order valence-electron chi connectivity index (χ1n) is 8.61. The van der Waals surface area contributed by atoms with Crippen LogP contribution in [0.2, 0.25) is 0 Å². The number of thiophene rings is 1. The largest absolute Gasteiger partial charge is 0.298 e. The van der Waals surface area contributed by atoms with Crippen LogP contribution in [0.4, 0.5) is 0 Å². The normalized spacial score (nSPS) is 17.5.